The van der Waals surface area contributed by atoms with E-state index in [1.54, 1.807) is 24.3 Å². The molecule has 0 aliphatic carbocycles. The molecule has 0 unspecified atom stereocenters. The van der Waals surface area contributed by atoms with Crippen molar-refractivity contribution >= 4 is 28.4 Å². The van der Waals surface area contributed by atoms with E-state index in [9.17, 15) is 9.59 Å². The first kappa shape index (κ1) is 17.2. The summed E-state index contributed by atoms with van der Waals surface area (Å²) in [5, 5.41) is 4.17. The van der Waals surface area contributed by atoms with Crippen LogP contribution in [0, 0.1) is 0 Å². The predicted molar refractivity (Wildman–Crippen MR) is 98.0 cm³/mol. The summed E-state index contributed by atoms with van der Waals surface area (Å²) in [6.45, 7) is 1.17. The highest BCUT2D eigenvalue weighted by atomic mass is 35.5. The zero-order chi connectivity index (χ0) is 17.6. The van der Waals surface area contributed by atoms with Crippen LogP contribution < -0.4 is 10.9 Å². The third kappa shape index (κ3) is 4.47. The van der Waals surface area contributed by atoms with Crippen molar-refractivity contribution < 1.29 is 9.53 Å². The number of rotatable bonds is 6. The SMILES string of the molecule is O=C(NCCOCc1ccc(Cl)cc1)c1cc(=O)[nH]c2ccccc12. The number of carbonyl (C=O) groups is 1. The Labute approximate surface area is 149 Å². The van der Waals surface area contributed by atoms with E-state index >= 15 is 0 Å². The number of carbonyl (C=O) groups excluding carboxylic acids is 1. The second-order valence-electron chi connectivity index (χ2n) is 5.53. The van der Waals surface area contributed by atoms with Gasteiger partial charge >= 0.3 is 0 Å². The summed E-state index contributed by atoms with van der Waals surface area (Å²) in [7, 11) is 0. The Morgan fingerprint density at radius 2 is 1.88 bits per heavy atom. The van der Waals surface area contributed by atoms with E-state index in [4.69, 9.17) is 16.3 Å². The summed E-state index contributed by atoms with van der Waals surface area (Å²) < 4.78 is 5.53. The molecule has 25 heavy (non-hydrogen) atoms. The van der Waals surface area contributed by atoms with Crippen LogP contribution in [0.4, 0.5) is 0 Å². The summed E-state index contributed by atoms with van der Waals surface area (Å²) >= 11 is 5.83. The van der Waals surface area contributed by atoms with Crippen molar-refractivity contribution in [3.05, 3.63) is 81.1 Å². The molecule has 3 aromatic rings. The Kier molecular flexibility index (Phi) is 5.48. The number of pyridine rings is 1. The van der Waals surface area contributed by atoms with Gasteiger partial charge in [0.1, 0.15) is 0 Å². The minimum absolute atomic E-state index is 0.294. The van der Waals surface area contributed by atoms with Crippen LogP contribution in [0.25, 0.3) is 10.9 Å². The number of benzene rings is 2. The Balaban J connectivity index is 1.55. The van der Waals surface area contributed by atoms with Gasteiger partial charge in [0.05, 0.1) is 18.8 Å². The van der Waals surface area contributed by atoms with E-state index in [1.165, 1.54) is 6.07 Å². The summed E-state index contributed by atoms with van der Waals surface area (Å²) in [6, 6.07) is 15.9. The highest BCUT2D eigenvalue weighted by Gasteiger charge is 2.10. The van der Waals surface area contributed by atoms with Crippen molar-refractivity contribution in [1.82, 2.24) is 10.3 Å². The molecule has 0 saturated heterocycles. The number of nitrogens with one attached hydrogen (secondary N) is 2. The highest BCUT2D eigenvalue weighted by molar-refractivity contribution is 6.30. The average Bonchev–Trinajstić information content (AvgIpc) is 2.62. The Morgan fingerprint density at radius 1 is 1.12 bits per heavy atom. The second-order valence-corrected chi connectivity index (χ2v) is 5.96. The third-order valence-corrected chi connectivity index (χ3v) is 3.96. The van der Waals surface area contributed by atoms with Gasteiger partial charge in [-0.1, -0.05) is 41.9 Å². The number of aromatic amines is 1. The van der Waals surface area contributed by atoms with Crippen LogP contribution in [-0.2, 0) is 11.3 Å². The van der Waals surface area contributed by atoms with Gasteiger partial charge in [0, 0.05) is 28.5 Å². The molecule has 128 valence electrons. The average molecular weight is 357 g/mol. The van der Waals surface area contributed by atoms with Gasteiger partial charge in [0.2, 0.25) is 5.56 Å². The lowest BCUT2D eigenvalue weighted by Gasteiger charge is -2.08. The lowest BCUT2D eigenvalue weighted by molar-refractivity contribution is 0.0902. The standard InChI is InChI=1S/C19H17ClN2O3/c20-14-7-5-13(6-8-14)12-25-10-9-21-19(24)16-11-18(23)22-17-4-2-1-3-15(16)17/h1-8,11H,9-10,12H2,(H,21,24)(H,22,23). The van der Waals surface area contributed by atoms with Crippen LogP contribution in [-0.4, -0.2) is 24.0 Å². The molecular formula is C19H17ClN2O3. The van der Waals surface area contributed by atoms with Gasteiger partial charge in [-0.3, -0.25) is 9.59 Å². The number of amides is 1. The van der Waals surface area contributed by atoms with E-state index in [1.807, 2.05) is 24.3 Å². The maximum absolute atomic E-state index is 12.3. The van der Waals surface area contributed by atoms with Crippen molar-refractivity contribution in [3.63, 3.8) is 0 Å². The quantitative estimate of drug-likeness (QED) is 0.666. The van der Waals surface area contributed by atoms with Crippen molar-refractivity contribution in [1.29, 1.82) is 0 Å². The van der Waals surface area contributed by atoms with E-state index in [0.717, 1.165) is 5.56 Å². The van der Waals surface area contributed by atoms with Crippen molar-refractivity contribution in [2.75, 3.05) is 13.2 Å². The lowest BCUT2D eigenvalue weighted by atomic mass is 10.1. The number of H-pyrrole nitrogens is 1. The number of aromatic nitrogens is 1. The molecule has 6 heteroatoms. The number of para-hydroxylation sites is 1. The van der Waals surface area contributed by atoms with Crippen LogP contribution in [0.2, 0.25) is 5.02 Å². The van der Waals surface area contributed by atoms with Gasteiger partial charge in [0.15, 0.2) is 0 Å². The van der Waals surface area contributed by atoms with Gasteiger partial charge in [0.25, 0.3) is 5.91 Å². The van der Waals surface area contributed by atoms with Gasteiger partial charge in [-0.2, -0.15) is 0 Å². The Bertz CT molecular complexity index is 935. The molecule has 2 N–H and O–H groups in total. The lowest BCUT2D eigenvalue weighted by Crippen LogP contribution is -2.28. The smallest absolute Gasteiger partial charge is 0.252 e. The first-order chi connectivity index (χ1) is 12.1. The van der Waals surface area contributed by atoms with Gasteiger partial charge in [-0.15, -0.1) is 0 Å². The molecule has 3 rings (SSSR count). The zero-order valence-corrected chi connectivity index (χ0v) is 14.2. The molecule has 0 saturated carbocycles. The zero-order valence-electron chi connectivity index (χ0n) is 13.4. The third-order valence-electron chi connectivity index (χ3n) is 3.71. The molecule has 0 spiro atoms. The minimum atomic E-state index is -0.303. The molecule has 2 aromatic carbocycles. The van der Waals surface area contributed by atoms with Crippen LogP contribution in [0.5, 0.6) is 0 Å². The number of hydrogen-bond donors (Lipinski definition) is 2. The summed E-state index contributed by atoms with van der Waals surface area (Å²) in [6.07, 6.45) is 0. The fraction of sp³-hybridized carbons (Fsp3) is 0.158. The molecule has 0 aliphatic rings. The van der Waals surface area contributed by atoms with Crippen LogP contribution in [0.3, 0.4) is 0 Å². The van der Waals surface area contributed by atoms with Crippen molar-refractivity contribution in [2.24, 2.45) is 0 Å². The maximum atomic E-state index is 12.3. The largest absolute Gasteiger partial charge is 0.375 e. The Hall–Kier alpha value is -2.63. The van der Waals surface area contributed by atoms with Crippen molar-refractivity contribution in [3.8, 4) is 0 Å². The van der Waals surface area contributed by atoms with Crippen LogP contribution in [0.15, 0.2) is 59.4 Å². The van der Waals surface area contributed by atoms with E-state index in [0.29, 0.717) is 41.2 Å². The molecule has 0 aliphatic heterocycles. The monoisotopic (exact) mass is 356 g/mol. The number of hydrogen-bond acceptors (Lipinski definition) is 3. The predicted octanol–water partition coefficient (Wildman–Crippen LogP) is 3.13. The first-order valence-corrected chi connectivity index (χ1v) is 8.24. The number of halogens is 1. The second kappa shape index (κ2) is 7.96. The van der Waals surface area contributed by atoms with Gasteiger partial charge in [-0.05, 0) is 23.8 Å². The molecule has 0 radical (unpaired) electrons. The molecule has 5 nitrogen and oxygen atoms in total. The van der Waals surface area contributed by atoms with E-state index < -0.39 is 0 Å². The molecule has 1 amide bonds. The molecular weight excluding hydrogens is 340 g/mol. The molecule has 0 bridgehead atoms. The Morgan fingerprint density at radius 3 is 2.68 bits per heavy atom. The first-order valence-electron chi connectivity index (χ1n) is 7.86. The highest BCUT2D eigenvalue weighted by Crippen LogP contribution is 2.14. The topological polar surface area (TPSA) is 71.2 Å². The van der Waals surface area contributed by atoms with Gasteiger partial charge in [-0.25, -0.2) is 0 Å². The van der Waals surface area contributed by atoms with Crippen LogP contribution >= 0.6 is 11.6 Å². The molecule has 0 fully saturated rings. The molecule has 1 aromatic heterocycles. The summed E-state index contributed by atoms with van der Waals surface area (Å²) in [5.41, 5.74) is 1.70. The summed E-state index contributed by atoms with van der Waals surface area (Å²) in [5.74, 6) is -0.294. The minimum Gasteiger partial charge on any atom is -0.375 e. The molecule has 1 heterocycles. The van der Waals surface area contributed by atoms with Gasteiger partial charge < -0.3 is 15.0 Å². The van der Waals surface area contributed by atoms with Crippen molar-refractivity contribution in [2.45, 2.75) is 6.61 Å². The van der Waals surface area contributed by atoms with E-state index in [2.05, 4.69) is 10.3 Å². The number of fused-ring (bicyclic) bond motifs is 1. The fourth-order valence-corrected chi connectivity index (χ4v) is 2.62. The normalized spacial score (nSPS) is 10.8. The van der Waals surface area contributed by atoms with E-state index in [-0.39, 0.29) is 11.5 Å². The fourth-order valence-electron chi connectivity index (χ4n) is 2.50. The molecule has 0 atom stereocenters. The van der Waals surface area contributed by atoms with Crippen LogP contribution in [0.1, 0.15) is 15.9 Å². The maximum Gasteiger partial charge on any atom is 0.252 e. The summed E-state index contributed by atoms with van der Waals surface area (Å²) in [4.78, 5) is 26.8. The number of ether oxygens (including phenoxy) is 1.